The molecule has 0 spiro atoms. The van der Waals surface area contributed by atoms with Gasteiger partial charge in [-0.1, -0.05) is 53.6 Å². The number of nitrogens with one attached hydrogen (secondary N) is 1. The fourth-order valence-corrected chi connectivity index (χ4v) is 5.18. The molecule has 1 N–H and O–H groups in total. The largest absolute Gasteiger partial charge is 0.496 e. The summed E-state index contributed by atoms with van der Waals surface area (Å²) in [7, 11) is -2.13. The van der Waals surface area contributed by atoms with Gasteiger partial charge in [0.05, 0.1) is 30.0 Å². The lowest BCUT2D eigenvalue weighted by Gasteiger charge is -2.17. The van der Waals surface area contributed by atoms with Crippen LogP contribution in [-0.2, 0) is 21.4 Å². The van der Waals surface area contributed by atoms with E-state index in [-0.39, 0.29) is 23.9 Å². The van der Waals surface area contributed by atoms with Crippen LogP contribution in [0.4, 0.5) is 0 Å². The van der Waals surface area contributed by atoms with Crippen molar-refractivity contribution in [2.24, 2.45) is 0 Å². The van der Waals surface area contributed by atoms with E-state index in [4.69, 9.17) is 35.0 Å². The molecular formula is C21H17ClN2O4S3. The molecule has 31 heavy (non-hydrogen) atoms. The van der Waals surface area contributed by atoms with Gasteiger partial charge < -0.3 is 4.74 Å². The minimum Gasteiger partial charge on any atom is -0.496 e. The van der Waals surface area contributed by atoms with Gasteiger partial charge in [0.1, 0.15) is 10.1 Å². The van der Waals surface area contributed by atoms with Crippen LogP contribution in [0.15, 0.2) is 52.3 Å². The van der Waals surface area contributed by atoms with E-state index in [9.17, 15) is 13.2 Å². The van der Waals surface area contributed by atoms with Gasteiger partial charge in [-0.25, -0.2) is 8.42 Å². The molecule has 2 aromatic rings. The third-order valence-corrected chi connectivity index (χ3v) is 7.33. The number of carbonyl (C=O) groups excluding carboxylic acids is 1. The van der Waals surface area contributed by atoms with Crippen LogP contribution in [0, 0.1) is 12.3 Å². The van der Waals surface area contributed by atoms with E-state index in [0.29, 0.717) is 25.6 Å². The summed E-state index contributed by atoms with van der Waals surface area (Å²) >= 11 is 12.6. The van der Waals surface area contributed by atoms with E-state index in [1.54, 1.807) is 43.5 Å². The molecule has 1 saturated heterocycles. The molecule has 0 aromatic heterocycles. The van der Waals surface area contributed by atoms with Gasteiger partial charge in [0, 0.05) is 10.6 Å². The zero-order valence-electron chi connectivity index (χ0n) is 16.3. The highest BCUT2D eigenvalue weighted by Gasteiger charge is 2.32. The van der Waals surface area contributed by atoms with Crippen LogP contribution in [0.5, 0.6) is 5.75 Å². The van der Waals surface area contributed by atoms with Gasteiger partial charge in [-0.05, 0) is 42.0 Å². The van der Waals surface area contributed by atoms with Gasteiger partial charge in [0.15, 0.2) is 0 Å². The minimum atomic E-state index is -3.68. The number of benzene rings is 2. The van der Waals surface area contributed by atoms with Crippen LogP contribution in [0.3, 0.4) is 0 Å². The number of thioether (sulfide) groups is 1. The van der Waals surface area contributed by atoms with Crippen LogP contribution in [0.25, 0.3) is 6.08 Å². The fourth-order valence-electron chi connectivity index (χ4n) is 2.79. The van der Waals surface area contributed by atoms with E-state index in [1.165, 1.54) is 28.8 Å². The molecule has 1 fully saturated rings. The summed E-state index contributed by atoms with van der Waals surface area (Å²) in [5, 5.41) is 0.531. The van der Waals surface area contributed by atoms with Crippen LogP contribution < -0.4 is 9.46 Å². The van der Waals surface area contributed by atoms with E-state index in [0.717, 1.165) is 5.56 Å². The molecule has 2 aromatic carbocycles. The Morgan fingerprint density at radius 1 is 1.29 bits per heavy atom. The van der Waals surface area contributed by atoms with Crippen molar-refractivity contribution in [2.75, 3.05) is 13.7 Å². The van der Waals surface area contributed by atoms with E-state index in [1.807, 2.05) is 0 Å². The summed E-state index contributed by atoms with van der Waals surface area (Å²) in [4.78, 5) is 14.9. The molecule has 10 heteroatoms. The maximum Gasteiger partial charge on any atom is 0.266 e. The first kappa shape index (κ1) is 23.3. The lowest BCUT2D eigenvalue weighted by atomic mass is 10.2. The zero-order valence-corrected chi connectivity index (χ0v) is 19.5. The van der Waals surface area contributed by atoms with Crippen LogP contribution in [0.2, 0.25) is 5.02 Å². The third-order valence-electron chi connectivity index (χ3n) is 4.30. The molecule has 0 saturated carbocycles. The molecule has 1 heterocycles. The molecule has 1 amide bonds. The maximum atomic E-state index is 12.9. The number of methoxy groups -OCH3 is 1. The standard InChI is InChI=1S/C21H17ClN2O4S3/c1-3-10-23-31(26,27)17-7-4-14(5-8-17)11-19-20(25)24(21(29)30-19)13-15-12-16(22)6-9-18(15)28-2/h1,4-9,11-12,23H,10,13H2,2H3/b19-11-. The number of halogens is 1. The molecular weight excluding hydrogens is 476 g/mol. The first-order valence-electron chi connectivity index (χ1n) is 8.86. The lowest BCUT2D eigenvalue weighted by Crippen LogP contribution is -2.27. The number of hydrogen-bond acceptors (Lipinski definition) is 6. The summed E-state index contributed by atoms with van der Waals surface area (Å²) in [6, 6.07) is 11.3. The summed E-state index contributed by atoms with van der Waals surface area (Å²) in [6.07, 6.45) is 6.76. The Hall–Kier alpha value is -2.35. The minimum absolute atomic E-state index is 0.0838. The van der Waals surface area contributed by atoms with Crippen molar-refractivity contribution in [3.63, 3.8) is 0 Å². The molecule has 3 rings (SSSR count). The van der Waals surface area contributed by atoms with Gasteiger partial charge >= 0.3 is 0 Å². The Morgan fingerprint density at radius 2 is 2.00 bits per heavy atom. The first-order chi connectivity index (χ1) is 14.7. The number of sulfonamides is 1. The summed E-state index contributed by atoms with van der Waals surface area (Å²) < 4.78 is 32.3. The SMILES string of the molecule is C#CCNS(=O)(=O)c1ccc(/C=C2\SC(=S)N(Cc3cc(Cl)ccc3OC)C2=O)cc1. The number of rotatable bonds is 7. The van der Waals surface area contributed by atoms with E-state index in [2.05, 4.69) is 10.6 Å². The highest BCUT2D eigenvalue weighted by Crippen LogP contribution is 2.35. The number of terminal acetylenes is 1. The zero-order chi connectivity index (χ0) is 22.6. The molecule has 1 aliphatic rings. The molecule has 160 valence electrons. The van der Waals surface area contributed by atoms with Crippen molar-refractivity contribution < 1.29 is 17.9 Å². The molecule has 0 radical (unpaired) electrons. The Morgan fingerprint density at radius 3 is 2.65 bits per heavy atom. The number of thiocarbonyl (C=S) groups is 1. The number of nitrogens with zero attached hydrogens (tertiary/aromatic N) is 1. The quantitative estimate of drug-likeness (QED) is 0.361. The second-order valence-electron chi connectivity index (χ2n) is 6.32. The Balaban J connectivity index is 1.79. The summed E-state index contributed by atoms with van der Waals surface area (Å²) in [5.74, 6) is 2.58. The fraction of sp³-hybridized carbons (Fsp3) is 0.143. The summed E-state index contributed by atoms with van der Waals surface area (Å²) in [5.41, 5.74) is 1.40. The van der Waals surface area contributed by atoms with Crippen LogP contribution >= 0.6 is 35.6 Å². The first-order valence-corrected chi connectivity index (χ1v) is 11.9. The Labute approximate surface area is 195 Å². The van der Waals surface area contributed by atoms with E-state index >= 15 is 0 Å². The van der Waals surface area contributed by atoms with Crippen molar-refractivity contribution in [1.29, 1.82) is 0 Å². The van der Waals surface area contributed by atoms with Crippen molar-refractivity contribution in [2.45, 2.75) is 11.4 Å². The average Bonchev–Trinajstić information content (AvgIpc) is 3.00. The van der Waals surface area contributed by atoms with Crippen molar-refractivity contribution in [3.8, 4) is 18.1 Å². The Kier molecular flexibility index (Phi) is 7.41. The number of hydrogen-bond donors (Lipinski definition) is 1. The number of ether oxygens (including phenoxy) is 1. The molecule has 0 aliphatic carbocycles. The van der Waals surface area contributed by atoms with Gasteiger partial charge in [-0.15, -0.1) is 6.42 Å². The molecule has 0 bridgehead atoms. The van der Waals surface area contributed by atoms with Crippen molar-refractivity contribution in [3.05, 3.63) is 63.5 Å². The van der Waals surface area contributed by atoms with Gasteiger partial charge in [-0.3, -0.25) is 9.69 Å². The van der Waals surface area contributed by atoms with Crippen LogP contribution in [0.1, 0.15) is 11.1 Å². The van der Waals surface area contributed by atoms with Gasteiger partial charge in [0.25, 0.3) is 5.91 Å². The monoisotopic (exact) mass is 492 g/mol. The number of carbonyl (C=O) groups is 1. The third kappa shape index (κ3) is 5.47. The van der Waals surface area contributed by atoms with Gasteiger partial charge in [-0.2, -0.15) is 4.72 Å². The second-order valence-corrected chi connectivity index (χ2v) is 10.2. The predicted octanol–water partition coefficient (Wildman–Crippen LogP) is 3.66. The highest BCUT2D eigenvalue weighted by molar-refractivity contribution is 8.26. The summed E-state index contributed by atoms with van der Waals surface area (Å²) in [6.45, 7) is 0.133. The van der Waals surface area contributed by atoms with Crippen LogP contribution in [-0.4, -0.2) is 37.2 Å². The average molecular weight is 493 g/mol. The molecule has 0 atom stereocenters. The maximum absolute atomic E-state index is 12.9. The lowest BCUT2D eigenvalue weighted by molar-refractivity contribution is -0.122. The Bertz CT molecular complexity index is 1200. The second kappa shape index (κ2) is 9.85. The van der Waals surface area contributed by atoms with Crippen molar-refractivity contribution in [1.82, 2.24) is 9.62 Å². The van der Waals surface area contributed by atoms with E-state index < -0.39 is 10.0 Å². The molecule has 6 nitrogen and oxygen atoms in total. The normalized spacial score (nSPS) is 15.4. The predicted molar refractivity (Wildman–Crippen MR) is 127 cm³/mol. The molecule has 1 aliphatic heterocycles. The number of amides is 1. The van der Waals surface area contributed by atoms with Gasteiger partial charge in [0.2, 0.25) is 10.0 Å². The highest BCUT2D eigenvalue weighted by atomic mass is 35.5. The topological polar surface area (TPSA) is 75.7 Å². The smallest absolute Gasteiger partial charge is 0.266 e. The molecule has 0 unspecified atom stereocenters. The van der Waals surface area contributed by atoms with Crippen molar-refractivity contribution >= 4 is 61.9 Å².